The zero-order chi connectivity index (χ0) is 18.6. The predicted molar refractivity (Wildman–Crippen MR) is 105 cm³/mol. The predicted octanol–water partition coefficient (Wildman–Crippen LogP) is 4.79. The summed E-state index contributed by atoms with van der Waals surface area (Å²) in [6.07, 6.45) is 5.23. The van der Waals surface area contributed by atoms with E-state index in [9.17, 15) is 9.18 Å². The maximum atomic E-state index is 13.4. The van der Waals surface area contributed by atoms with Crippen molar-refractivity contribution >= 4 is 22.9 Å². The van der Waals surface area contributed by atoms with Gasteiger partial charge in [-0.05, 0) is 54.6 Å². The lowest BCUT2D eigenvalue weighted by atomic mass is 10.0. The lowest BCUT2D eigenvalue weighted by Gasteiger charge is -2.38. The summed E-state index contributed by atoms with van der Waals surface area (Å²) in [6, 6.07) is 12.0. The number of rotatable bonds is 5. The van der Waals surface area contributed by atoms with E-state index in [4.69, 9.17) is 4.42 Å². The summed E-state index contributed by atoms with van der Waals surface area (Å²) in [6.45, 7) is 2.68. The van der Waals surface area contributed by atoms with Gasteiger partial charge in [-0.15, -0.1) is 11.3 Å². The second kappa shape index (κ2) is 8.06. The van der Waals surface area contributed by atoms with Crippen LogP contribution < -0.4 is 4.90 Å². The molecule has 4 rings (SSSR count). The van der Waals surface area contributed by atoms with Crippen molar-refractivity contribution in [3.63, 3.8) is 0 Å². The number of piperidine rings is 1. The second-order valence-electron chi connectivity index (χ2n) is 6.77. The zero-order valence-corrected chi connectivity index (χ0v) is 15.7. The van der Waals surface area contributed by atoms with E-state index in [1.165, 1.54) is 29.0 Å². The highest BCUT2D eigenvalue weighted by molar-refractivity contribution is 7.12. The van der Waals surface area contributed by atoms with Crippen LogP contribution in [-0.4, -0.2) is 29.9 Å². The van der Waals surface area contributed by atoms with Gasteiger partial charge in [-0.2, -0.15) is 0 Å². The van der Waals surface area contributed by atoms with Gasteiger partial charge in [0.2, 0.25) is 0 Å². The van der Waals surface area contributed by atoms with Crippen LogP contribution in [0.25, 0.3) is 0 Å². The third-order valence-corrected chi connectivity index (χ3v) is 5.82. The summed E-state index contributed by atoms with van der Waals surface area (Å²) in [5.41, 5.74) is 1.92. The van der Waals surface area contributed by atoms with Crippen LogP contribution >= 0.6 is 11.3 Å². The molecule has 1 amide bonds. The topological polar surface area (TPSA) is 36.7 Å². The van der Waals surface area contributed by atoms with Crippen molar-refractivity contribution in [2.75, 3.05) is 18.0 Å². The van der Waals surface area contributed by atoms with Gasteiger partial charge in [-0.1, -0.05) is 6.07 Å². The minimum Gasteiger partial charge on any atom is -0.472 e. The summed E-state index contributed by atoms with van der Waals surface area (Å²) >= 11 is 1.44. The number of carbonyl (C=O) groups excluding carboxylic acids is 1. The number of hydrogen-bond donors (Lipinski definition) is 0. The quantitative estimate of drug-likeness (QED) is 0.635. The summed E-state index contributed by atoms with van der Waals surface area (Å²) in [4.78, 5) is 18.1. The molecule has 4 nitrogen and oxygen atoms in total. The molecule has 0 aliphatic carbocycles. The van der Waals surface area contributed by atoms with Crippen LogP contribution in [0.1, 0.15) is 28.1 Å². The Morgan fingerprint density at radius 3 is 2.59 bits per heavy atom. The van der Waals surface area contributed by atoms with E-state index in [-0.39, 0.29) is 17.8 Å². The van der Waals surface area contributed by atoms with Crippen molar-refractivity contribution in [1.82, 2.24) is 4.90 Å². The molecule has 1 aliphatic heterocycles. The smallest absolute Gasteiger partial charge is 0.268 e. The number of nitrogens with zero attached hydrogens (tertiary/aromatic N) is 2. The molecule has 0 atom stereocenters. The fraction of sp³-hybridized carbons (Fsp3) is 0.286. The standard InChI is InChI=1S/C21H21FN2O2S/c22-17-3-5-18(6-4-17)24(21(25)20-2-1-13-27-20)19-7-10-23(11-8-19)14-16-9-12-26-15-16/h1-6,9,12-13,15,19H,7-8,10-11,14H2. The van der Waals surface area contributed by atoms with Gasteiger partial charge >= 0.3 is 0 Å². The fourth-order valence-electron chi connectivity index (χ4n) is 3.59. The van der Waals surface area contributed by atoms with Crippen molar-refractivity contribution in [3.8, 4) is 0 Å². The molecular weight excluding hydrogens is 363 g/mol. The molecule has 0 bridgehead atoms. The van der Waals surface area contributed by atoms with Crippen LogP contribution in [0.3, 0.4) is 0 Å². The van der Waals surface area contributed by atoms with Crippen LogP contribution in [0, 0.1) is 5.82 Å². The molecule has 1 fully saturated rings. The summed E-state index contributed by atoms with van der Waals surface area (Å²) < 4.78 is 18.5. The number of halogens is 1. The van der Waals surface area contributed by atoms with Gasteiger partial charge in [0.05, 0.1) is 17.4 Å². The summed E-state index contributed by atoms with van der Waals surface area (Å²) in [7, 11) is 0. The van der Waals surface area contributed by atoms with Crippen molar-refractivity contribution < 1.29 is 13.6 Å². The Bertz CT molecular complexity index is 854. The SMILES string of the molecule is O=C(c1cccs1)N(c1ccc(F)cc1)C1CCN(Cc2ccoc2)CC1. The first-order chi connectivity index (χ1) is 13.2. The second-order valence-corrected chi connectivity index (χ2v) is 7.72. The lowest BCUT2D eigenvalue weighted by Crippen LogP contribution is -2.47. The number of likely N-dealkylation sites (tertiary alicyclic amines) is 1. The van der Waals surface area contributed by atoms with Crippen molar-refractivity contribution in [1.29, 1.82) is 0 Å². The molecule has 6 heteroatoms. The fourth-order valence-corrected chi connectivity index (χ4v) is 4.25. The number of thiophene rings is 1. The highest BCUT2D eigenvalue weighted by Crippen LogP contribution is 2.28. The maximum absolute atomic E-state index is 13.4. The lowest BCUT2D eigenvalue weighted by molar-refractivity contribution is 0.0962. The first kappa shape index (κ1) is 17.9. The Kier molecular flexibility index (Phi) is 5.36. The molecule has 3 aromatic rings. The highest BCUT2D eigenvalue weighted by atomic mass is 32.1. The molecule has 0 unspecified atom stereocenters. The Morgan fingerprint density at radius 1 is 1.19 bits per heavy atom. The van der Waals surface area contributed by atoms with Gasteiger partial charge in [0, 0.05) is 36.9 Å². The first-order valence-corrected chi connectivity index (χ1v) is 9.95. The molecule has 1 aliphatic rings. The Labute approximate surface area is 161 Å². The normalized spacial score (nSPS) is 15.7. The highest BCUT2D eigenvalue weighted by Gasteiger charge is 2.30. The number of furan rings is 1. The molecule has 0 spiro atoms. The minimum absolute atomic E-state index is 0.00936. The van der Waals surface area contributed by atoms with Crippen LogP contribution in [0.5, 0.6) is 0 Å². The third kappa shape index (κ3) is 4.12. The van der Waals surface area contributed by atoms with Crippen LogP contribution in [0.15, 0.2) is 64.8 Å². The molecule has 140 valence electrons. The van der Waals surface area contributed by atoms with Gasteiger partial charge in [-0.25, -0.2) is 4.39 Å². The number of amides is 1. The van der Waals surface area contributed by atoms with Crippen LogP contribution in [0.4, 0.5) is 10.1 Å². The van der Waals surface area contributed by atoms with Crippen molar-refractivity contribution in [2.24, 2.45) is 0 Å². The molecule has 0 radical (unpaired) electrons. The van der Waals surface area contributed by atoms with E-state index < -0.39 is 0 Å². The Morgan fingerprint density at radius 2 is 1.96 bits per heavy atom. The van der Waals surface area contributed by atoms with Crippen molar-refractivity contribution in [3.05, 3.63) is 76.6 Å². The monoisotopic (exact) mass is 384 g/mol. The van der Waals surface area contributed by atoms with Gasteiger partial charge in [0.25, 0.3) is 5.91 Å². The number of benzene rings is 1. The molecule has 1 aromatic carbocycles. The van der Waals surface area contributed by atoms with Crippen LogP contribution in [-0.2, 0) is 6.54 Å². The van der Waals surface area contributed by atoms with E-state index in [0.29, 0.717) is 4.88 Å². The largest absolute Gasteiger partial charge is 0.472 e. The zero-order valence-electron chi connectivity index (χ0n) is 14.9. The third-order valence-electron chi connectivity index (χ3n) is 4.96. The maximum Gasteiger partial charge on any atom is 0.268 e. The van der Waals surface area contributed by atoms with Crippen LogP contribution in [0.2, 0.25) is 0 Å². The van der Waals surface area contributed by atoms with E-state index >= 15 is 0 Å². The molecule has 2 aromatic heterocycles. The number of anilines is 1. The Hall–Kier alpha value is -2.44. The summed E-state index contributed by atoms with van der Waals surface area (Å²) in [5.74, 6) is -0.304. The summed E-state index contributed by atoms with van der Waals surface area (Å²) in [5, 5.41) is 1.91. The van der Waals surface area contributed by atoms with Crippen molar-refractivity contribution in [2.45, 2.75) is 25.4 Å². The van der Waals surface area contributed by atoms with E-state index in [0.717, 1.165) is 38.2 Å². The average Bonchev–Trinajstić information content (AvgIpc) is 3.39. The van der Waals surface area contributed by atoms with E-state index in [2.05, 4.69) is 4.90 Å². The molecule has 1 saturated heterocycles. The molecule has 27 heavy (non-hydrogen) atoms. The van der Waals surface area contributed by atoms with Gasteiger partial charge in [0.1, 0.15) is 5.82 Å². The first-order valence-electron chi connectivity index (χ1n) is 9.07. The molecule has 0 N–H and O–H groups in total. The van der Waals surface area contributed by atoms with Gasteiger partial charge < -0.3 is 9.32 Å². The molecule has 3 heterocycles. The molecular formula is C21H21FN2O2S. The van der Waals surface area contributed by atoms with E-state index in [1.54, 1.807) is 24.7 Å². The minimum atomic E-state index is -0.294. The van der Waals surface area contributed by atoms with E-state index in [1.807, 2.05) is 28.5 Å². The number of carbonyl (C=O) groups is 1. The van der Waals surface area contributed by atoms with Gasteiger partial charge in [-0.3, -0.25) is 9.69 Å². The molecule has 0 saturated carbocycles. The Balaban J connectivity index is 1.51. The average molecular weight is 384 g/mol. The number of hydrogen-bond acceptors (Lipinski definition) is 4. The van der Waals surface area contributed by atoms with Gasteiger partial charge in [0.15, 0.2) is 0 Å².